The van der Waals surface area contributed by atoms with Crippen LogP contribution >= 0.6 is 0 Å². The van der Waals surface area contributed by atoms with Gasteiger partial charge in [0.25, 0.3) is 5.56 Å². The first-order valence-electron chi connectivity index (χ1n) is 11.0. The molecule has 2 aromatic heterocycles. The Labute approximate surface area is 190 Å². The van der Waals surface area contributed by atoms with E-state index in [2.05, 4.69) is 5.32 Å². The maximum absolute atomic E-state index is 15.4. The number of carbonyl (C=O) groups is 2. The van der Waals surface area contributed by atoms with E-state index in [1.807, 2.05) is 12.2 Å². The Morgan fingerprint density at radius 3 is 2.58 bits per heavy atom. The fraction of sp³-hybridized carbons (Fsp3) is 0.458. The summed E-state index contributed by atoms with van der Waals surface area (Å²) >= 11 is 0. The lowest BCUT2D eigenvalue weighted by Gasteiger charge is -2.33. The highest BCUT2D eigenvalue weighted by atomic mass is 19.1. The van der Waals surface area contributed by atoms with Crippen LogP contribution in [0.5, 0.6) is 0 Å². The van der Waals surface area contributed by atoms with Gasteiger partial charge in [-0.2, -0.15) is 0 Å². The van der Waals surface area contributed by atoms with Gasteiger partial charge in [0.15, 0.2) is 5.82 Å². The summed E-state index contributed by atoms with van der Waals surface area (Å²) in [4.78, 5) is 38.4. The third kappa shape index (κ3) is 4.58. The quantitative estimate of drug-likeness (QED) is 0.681. The van der Waals surface area contributed by atoms with Gasteiger partial charge in [-0.05, 0) is 63.6 Å². The molecule has 1 aliphatic heterocycles. The van der Waals surface area contributed by atoms with Crippen molar-refractivity contribution in [2.75, 3.05) is 18.0 Å². The number of carboxylic acid groups (broad SMARTS) is 1. The van der Waals surface area contributed by atoms with Gasteiger partial charge in [0.2, 0.25) is 0 Å². The second kappa shape index (κ2) is 8.20. The summed E-state index contributed by atoms with van der Waals surface area (Å²) in [6, 6.07) is 1.05. The molecule has 1 saturated carbocycles. The molecule has 2 aromatic rings. The number of rotatable bonds is 4. The summed E-state index contributed by atoms with van der Waals surface area (Å²) in [6.45, 7) is 7.82. The smallest absolute Gasteiger partial charge is 0.408 e. The van der Waals surface area contributed by atoms with Gasteiger partial charge in [0.05, 0.1) is 23.4 Å². The number of nitrogens with one attached hydrogen (secondary N) is 1. The minimum Gasteiger partial charge on any atom is -0.477 e. The molecule has 0 aromatic carbocycles. The Balaban J connectivity index is 1.73. The van der Waals surface area contributed by atoms with Crippen LogP contribution in [0.3, 0.4) is 0 Å². The zero-order valence-corrected chi connectivity index (χ0v) is 19.1. The number of nitrogens with zero attached hydrogens (tertiary/aromatic N) is 2. The maximum atomic E-state index is 15.4. The molecule has 0 bridgehead atoms. The van der Waals surface area contributed by atoms with Crippen molar-refractivity contribution in [1.82, 2.24) is 9.72 Å². The monoisotopic (exact) mass is 457 g/mol. The molecule has 1 unspecified atom stereocenters. The molecule has 2 aliphatic rings. The van der Waals surface area contributed by atoms with Crippen LogP contribution < -0.4 is 15.8 Å². The average molecular weight is 458 g/mol. The largest absolute Gasteiger partial charge is 0.477 e. The van der Waals surface area contributed by atoms with E-state index in [-0.39, 0.29) is 17.5 Å². The van der Waals surface area contributed by atoms with Gasteiger partial charge in [-0.1, -0.05) is 12.2 Å². The van der Waals surface area contributed by atoms with Crippen molar-refractivity contribution in [2.45, 2.75) is 58.1 Å². The average Bonchev–Trinajstić information content (AvgIpc) is 3.52. The lowest BCUT2D eigenvalue weighted by Crippen LogP contribution is -2.47. The predicted octanol–water partition coefficient (Wildman–Crippen LogP) is 3.59. The van der Waals surface area contributed by atoms with Crippen LogP contribution in [0.4, 0.5) is 14.9 Å². The Morgan fingerprint density at radius 1 is 1.27 bits per heavy atom. The molecule has 0 spiro atoms. The van der Waals surface area contributed by atoms with E-state index in [0.717, 1.165) is 29.0 Å². The molecule has 4 rings (SSSR count). The predicted molar refractivity (Wildman–Crippen MR) is 122 cm³/mol. The third-order valence-corrected chi connectivity index (χ3v) is 5.82. The normalized spacial score (nSPS) is 18.5. The summed E-state index contributed by atoms with van der Waals surface area (Å²) in [7, 11) is 0. The molecule has 8 nitrogen and oxygen atoms in total. The SMILES string of the molecule is Cc1c(N2CC=CC(NC(=O)OC(C)(C)C)C2)c(F)cn2c(=O)c(C(=O)O)cc(C3CC3)c12. The number of ether oxygens (including phenoxy) is 1. The molecule has 1 aliphatic carbocycles. The molecule has 1 amide bonds. The number of aromatic nitrogens is 1. The van der Waals surface area contributed by atoms with Gasteiger partial charge >= 0.3 is 12.1 Å². The van der Waals surface area contributed by atoms with Crippen LogP contribution in [0, 0.1) is 12.7 Å². The summed E-state index contributed by atoms with van der Waals surface area (Å²) in [5.41, 5.74) is 0.459. The number of carbonyl (C=O) groups excluding carboxylic acids is 1. The van der Waals surface area contributed by atoms with Gasteiger partial charge in [-0.25, -0.2) is 14.0 Å². The van der Waals surface area contributed by atoms with Crippen molar-refractivity contribution in [1.29, 1.82) is 0 Å². The number of alkyl carbamates (subject to hydrolysis) is 1. The van der Waals surface area contributed by atoms with Crippen molar-refractivity contribution in [3.63, 3.8) is 0 Å². The van der Waals surface area contributed by atoms with Gasteiger partial charge in [0, 0.05) is 13.1 Å². The first-order chi connectivity index (χ1) is 15.5. The van der Waals surface area contributed by atoms with E-state index < -0.39 is 29.0 Å². The fourth-order valence-corrected chi connectivity index (χ4v) is 4.35. The minimum atomic E-state index is -1.32. The number of hydrogen-bond acceptors (Lipinski definition) is 5. The number of carboxylic acids is 1. The summed E-state index contributed by atoms with van der Waals surface area (Å²) in [5, 5.41) is 12.2. The summed E-state index contributed by atoms with van der Waals surface area (Å²) in [6.07, 6.45) is 6.00. The van der Waals surface area contributed by atoms with E-state index >= 15 is 4.39 Å². The zero-order valence-electron chi connectivity index (χ0n) is 19.1. The molecule has 0 saturated heterocycles. The molecular weight excluding hydrogens is 429 g/mol. The third-order valence-electron chi connectivity index (χ3n) is 5.82. The molecule has 33 heavy (non-hydrogen) atoms. The number of pyridine rings is 2. The number of halogens is 1. The van der Waals surface area contributed by atoms with E-state index in [9.17, 15) is 19.5 Å². The van der Waals surface area contributed by atoms with Crippen molar-refractivity contribution in [3.8, 4) is 0 Å². The fourth-order valence-electron chi connectivity index (χ4n) is 4.35. The molecule has 3 heterocycles. The topological polar surface area (TPSA) is 100 Å². The van der Waals surface area contributed by atoms with Gasteiger partial charge in [-0.15, -0.1) is 0 Å². The number of hydrogen-bond donors (Lipinski definition) is 2. The maximum Gasteiger partial charge on any atom is 0.408 e. The second-order valence-corrected chi connectivity index (χ2v) is 9.65. The van der Waals surface area contributed by atoms with Gasteiger partial charge in [-0.3, -0.25) is 9.20 Å². The molecular formula is C24H28FN3O5. The van der Waals surface area contributed by atoms with E-state index in [4.69, 9.17) is 4.74 Å². The van der Waals surface area contributed by atoms with Crippen LogP contribution in [0.25, 0.3) is 5.52 Å². The van der Waals surface area contributed by atoms with Crippen molar-refractivity contribution >= 4 is 23.3 Å². The Morgan fingerprint density at radius 2 is 1.97 bits per heavy atom. The Bertz CT molecular complexity index is 1220. The Kier molecular flexibility index (Phi) is 5.67. The van der Waals surface area contributed by atoms with Crippen molar-refractivity contribution in [2.24, 2.45) is 0 Å². The Hall–Kier alpha value is -3.36. The molecule has 9 heteroatoms. The van der Waals surface area contributed by atoms with Crippen molar-refractivity contribution in [3.05, 3.63) is 57.3 Å². The molecule has 2 N–H and O–H groups in total. The van der Waals surface area contributed by atoms with Gasteiger partial charge in [0.1, 0.15) is 11.2 Å². The molecule has 1 atom stereocenters. The van der Waals surface area contributed by atoms with Crippen molar-refractivity contribution < 1.29 is 23.8 Å². The van der Waals surface area contributed by atoms with E-state index in [1.54, 1.807) is 32.6 Å². The zero-order chi connectivity index (χ0) is 24.1. The highest BCUT2D eigenvalue weighted by Crippen LogP contribution is 2.44. The van der Waals surface area contributed by atoms with Crippen LogP contribution in [-0.4, -0.2) is 46.3 Å². The first kappa shape index (κ1) is 22.8. The highest BCUT2D eigenvalue weighted by molar-refractivity contribution is 5.89. The van der Waals surface area contributed by atoms with Crippen LogP contribution in [0.15, 0.2) is 29.2 Å². The van der Waals surface area contributed by atoms with Crippen LogP contribution in [-0.2, 0) is 4.74 Å². The summed E-state index contributed by atoms with van der Waals surface area (Å²) < 4.78 is 21.8. The number of aromatic carboxylic acids is 1. The second-order valence-electron chi connectivity index (χ2n) is 9.65. The summed E-state index contributed by atoms with van der Waals surface area (Å²) in [5.74, 6) is -1.80. The molecule has 176 valence electrons. The lowest BCUT2D eigenvalue weighted by molar-refractivity contribution is 0.0514. The number of anilines is 1. The first-order valence-corrected chi connectivity index (χ1v) is 11.0. The standard InChI is InChI=1S/C24H28FN3O5/c1-13-19-16(14-7-8-14)10-17(22(30)31)21(29)28(19)12-18(25)20(13)27-9-5-6-15(11-27)26-23(32)33-24(2,3)4/h5-6,10,12,14-15H,7-9,11H2,1-4H3,(H,26,32)(H,30,31). The lowest BCUT2D eigenvalue weighted by atomic mass is 10.0. The number of fused-ring (bicyclic) bond motifs is 1. The van der Waals surface area contributed by atoms with Crippen LogP contribution in [0.2, 0.25) is 0 Å². The number of aryl methyl sites for hydroxylation is 1. The minimum absolute atomic E-state index is 0.151. The van der Waals surface area contributed by atoms with Gasteiger partial charge < -0.3 is 20.1 Å². The molecule has 0 radical (unpaired) electrons. The van der Waals surface area contributed by atoms with E-state index in [1.165, 1.54) is 6.07 Å². The van der Waals surface area contributed by atoms with Crippen LogP contribution in [0.1, 0.15) is 61.0 Å². The number of amides is 1. The van der Waals surface area contributed by atoms with E-state index in [0.29, 0.717) is 29.9 Å². The molecule has 1 fully saturated rings. The highest BCUT2D eigenvalue weighted by Gasteiger charge is 2.31.